The molecule has 3 aromatic carbocycles. The van der Waals surface area contributed by atoms with Crippen LogP contribution in [0.4, 0.5) is 5.13 Å². The number of methoxy groups -OCH3 is 1. The maximum Gasteiger partial charge on any atom is 0.207 e. The third-order valence-electron chi connectivity index (χ3n) is 4.50. The van der Waals surface area contributed by atoms with Gasteiger partial charge in [-0.05, 0) is 30.3 Å². The third kappa shape index (κ3) is 4.65. The molecule has 1 aromatic heterocycles. The van der Waals surface area contributed by atoms with Crippen molar-refractivity contribution in [2.24, 2.45) is 5.10 Å². The number of rotatable bonds is 7. The van der Waals surface area contributed by atoms with E-state index in [9.17, 15) is 8.42 Å². The van der Waals surface area contributed by atoms with E-state index in [4.69, 9.17) is 4.74 Å². The smallest absolute Gasteiger partial charge is 0.207 e. The van der Waals surface area contributed by atoms with E-state index in [1.807, 2.05) is 35.7 Å². The summed E-state index contributed by atoms with van der Waals surface area (Å²) in [5.41, 5.74) is 5.19. The van der Waals surface area contributed by atoms with Crippen molar-refractivity contribution in [2.75, 3.05) is 12.5 Å². The van der Waals surface area contributed by atoms with Gasteiger partial charge in [0.2, 0.25) is 15.0 Å². The van der Waals surface area contributed by atoms with Crippen LogP contribution in [0.2, 0.25) is 0 Å². The normalized spacial score (nSPS) is 11.5. The zero-order valence-corrected chi connectivity index (χ0v) is 18.2. The average molecular weight is 450 g/mol. The van der Waals surface area contributed by atoms with E-state index in [1.54, 1.807) is 42.5 Å². The number of hydrogen-bond acceptors (Lipinski definition) is 7. The lowest BCUT2D eigenvalue weighted by molar-refractivity contribution is 0.413. The lowest BCUT2D eigenvalue weighted by Gasteiger charge is -2.10. The summed E-state index contributed by atoms with van der Waals surface area (Å²) >= 11 is 1.42. The van der Waals surface area contributed by atoms with Crippen LogP contribution in [0.1, 0.15) is 5.56 Å². The van der Waals surface area contributed by atoms with Crippen LogP contribution in [-0.4, -0.2) is 26.7 Å². The second kappa shape index (κ2) is 9.11. The summed E-state index contributed by atoms with van der Waals surface area (Å²) in [6, 6.07) is 23.0. The first kappa shape index (κ1) is 20.8. The predicted octanol–water partition coefficient (Wildman–Crippen LogP) is 5.10. The summed E-state index contributed by atoms with van der Waals surface area (Å²) in [5.74, 6) is 0.451. The third-order valence-corrected chi connectivity index (χ3v) is 7.07. The van der Waals surface area contributed by atoms with E-state index in [1.165, 1.54) is 30.7 Å². The summed E-state index contributed by atoms with van der Waals surface area (Å²) in [7, 11) is -2.24. The Kier molecular flexibility index (Phi) is 6.11. The number of anilines is 1. The van der Waals surface area contributed by atoms with Gasteiger partial charge in [-0.3, -0.25) is 5.43 Å². The van der Waals surface area contributed by atoms with Crippen LogP contribution in [0.3, 0.4) is 0 Å². The van der Waals surface area contributed by atoms with Crippen LogP contribution < -0.4 is 10.2 Å². The van der Waals surface area contributed by atoms with Crippen molar-refractivity contribution in [1.29, 1.82) is 0 Å². The first-order valence-corrected chi connectivity index (χ1v) is 11.7. The molecule has 0 aliphatic carbocycles. The van der Waals surface area contributed by atoms with Crippen molar-refractivity contribution in [3.8, 4) is 17.0 Å². The number of hydrazone groups is 1. The van der Waals surface area contributed by atoms with Crippen LogP contribution in [0.5, 0.6) is 5.75 Å². The highest BCUT2D eigenvalue weighted by Crippen LogP contribution is 2.28. The molecule has 0 saturated carbocycles. The van der Waals surface area contributed by atoms with Gasteiger partial charge in [-0.1, -0.05) is 48.5 Å². The molecular weight excluding hydrogens is 430 g/mol. The van der Waals surface area contributed by atoms with Crippen LogP contribution in [0.25, 0.3) is 11.3 Å². The van der Waals surface area contributed by atoms with Crippen LogP contribution in [0, 0.1) is 0 Å². The van der Waals surface area contributed by atoms with E-state index < -0.39 is 9.84 Å². The first-order chi connectivity index (χ1) is 15.1. The van der Waals surface area contributed by atoms with Gasteiger partial charge in [0.1, 0.15) is 5.75 Å². The molecule has 0 fully saturated rings. The van der Waals surface area contributed by atoms with E-state index in [2.05, 4.69) is 15.5 Å². The molecule has 0 aliphatic rings. The van der Waals surface area contributed by atoms with Crippen molar-refractivity contribution in [2.45, 2.75) is 9.79 Å². The second-order valence-corrected chi connectivity index (χ2v) is 9.27. The Morgan fingerprint density at radius 2 is 1.71 bits per heavy atom. The Balaban J connectivity index is 1.60. The topological polar surface area (TPSA) is 80.7 Å². The van der Waals surface area contributed by atoms with Gasteiger partial charge in [0.15, 0.2) is 0 Å². The molecule has 0 spiro atoms. The maximum atomic E-state index is 13.2. The fourth-order valence-corrected chi connectivity index (χ4v) is 5.07. The number of aromatic nitrogens is 1. The molecule has 0 amide bonds. The standard InChI is InChI=1S/C23H19N3O3S2/c1-29-19-13-12-18(22(14-19)31(27,28)20-10-6-3-7-11-20)15-24-26-23-25-21(16-30-23)17-8-4-2-5-9-17/h2-16H,1H3,(H,25,26). The predicted molar refractivity (Wildman–Crippen MR) is 124 cm³/mol. The van der Waals surface area contributed by atoms with Gasteiger partial charge in [0.25, 0.3) is 0 Å². The molecule has 4 rings (SSSR count). The van der Waals surface area contributed by atoms with Crippen LogP contribution in [0.15, 0.2) is 99.1 Å². The number of thiazole rings is 1. The Labute approximate surface area is 184 Å². The van der Waals surface area contributed by atoms with Crippen molar-refractivity contribution in [3.63, 3.8) is 0 Å². The van der Waals surface area contributed by atoms with E-state index in [0.29, 0.717) is 16.4 Å². The molecule has 6 nitrogen and oxygen atoms in total. The molecule has 0 atom stereocenters. The zero-order valence-electron chi connectivity index (χ0n) is 16.6. The fourth-order valence-electron chi connectivity index (χ4n) is 2.93. The number of hydrogen-bond donors (Lipinski definition) is 1. The molecule has 8 heteroatoms. The van der Waals surface area contributed by atoms with Gasteiger partial charge >= 0.3 is 0 Å². The Hall–Kier alpha value is -3.49. The molecule has 0 aliphatic heterocycles. The summed E-state index contributed by atoms with van der Waals surface area (Å²) in [6.45, 7) is 0. The molecule has 0 bridgehead atoms. The van der Waals surface area contributed by atoms with Gasteiger partial charge in [-0.15, -0.1) is 11.3 Å². The van der Waals surface area contributed by atoms with Crippen molar-refractivity contribution < 1.29 is 13.2 Å². The molecule has 1 N–H and O–H groups in total. The van der Waals surface area contributed by atoms with Crippen molar-refractivity contribution >= 4 is 32.5 Å². The number of nitrogens with zero attached hydrogens (tertiary/aromatic N) is 2. The van der Waals surface area contributed by atoms with E-state index in [-0.39, 0.29) is 9.79 Å². The highest BCUT2D eigenvalue weighted by Gasteiger charge is 2.21. The molecule has 0 unspecified atom stereocenters. The van der Waals surface area contributed by atoms with Gasteiger partial charge in [-0.2, -0.15) is 5.10 Å². The fraction of sp³-hybridized carbons (Fsp3) is 0.0435. The van der Waals surface area contributed by atoms with Gasteiger partial charge in [0, 0.05) is 16.5 Å². The summed E-state index contributed by atoms with van der Waals surface area (Å²) in [6.07, 6.45) is 1.47. The van der Waals surface area contributed by atoms with Gasteiger partial charge in [0.05, 0.1) is 28.8 Å². The Morgan fingerprint density at radius 1 is 1.00 bits per heavy atom. The number of nitrogens with one attached hydrogen (secondary N) is 1. The monoisotopic (exact) mass is 449 g/mol. The molecular formula is C23H19N3O3S2. The lowest BCUT2D eigenvalue weighted by Crippen LogP contribution is -2.06. The van der Waals surface area contributed by atoms with Crippen LogP contribution >= 0.6 is 11.3 Å². The van der Waals surface area contributed by atoms with Gasteiger partial charge in [-0.25, -0.2) is 13.4 Å². The van der Waals surface area contributed by atoms with E-state index in [0.717, 1.165) is 11.3 Å². The number of sulfone groups is 1. The summed E-state index contributed by atoms with van der Waals surface area (Å²) in [5, 5.41) is 6.75. The minimum Gasteiger partial charge on any atom is -0.497 e. The highest BCUT2D eigenvalue weighted by molar-refractivity contribution is 7.91. The quantitative estimate of drug-likeness (QED) is 0.314. The summed E-state index contributed by atoms with van der Waals surface area (Å²) in [4.78, 5) is 4.84. The average Bonchev–Trinajstić information content (AvgIpc) is 3.29. The Bertz CT molecular complexity index is 1300. The number of benzene rings is 3. The van der Waals surface area contributed by atoms with Crippen LogP contribution in [-0.2, 0) is 9.84 Å². The lowest BCUT2D eigenvalue weighted by atomic mass is 10.2. The molecule has 31 heavy (non-hydrogen) atoms. The Morgan fingerprint density at radius 3 is 2.42 bits per heavy atom. The minimum atomic E-state index is -3.74. The molecule has 4 aromatic rings. The summed E-state index contributed by atoms with van der Waals surface area (Å²) < 4.78 is 31.6. The zero-order chi connectivity index (χ0) is 21.7. The van der Waals surface area contributed by atoms with Crippen molar-refractivity contribution in [1.82, 2.24) is 4.98 Å². The highest BCUT2D eigenvalue weighted by atomic mass is 32.2. The SMILES string of the molecule is COc1ccc(C=NNc2nc(-c3ccccc3)cs2)c(S(=O)(=O)c2ccccc2)c1. The van der Waals surface area contributed by atoms with E-state index >= 15 is 0 Å². The van der Waals surface area contributed by atoms with Gasteiger partial charge < -0.3 is 4.74 Å². The second-order valence-electron chi connectivity index (χ2n) is 6.49. The number of ether oxygens (including phenoxy) is 1. The largest absolute Gasteiger partial charge is 0.497 e. The minimum absolute atomic E-state index is 0.118. The molecule has 156 valence electrons. The van der Waals surface area contributed by atoms with Crippen molar-refractivity contribution in [3.05, 3.63) is 89.8 Å². The maximum absolute atomic E-state index is 13.2. The first-order valence-electron chi connectivity index (χ1n) is 9.36. The molecule has 0 radical (unpaired) electrons. The molecule has 1 heterocycles. The molecule has 0 saturated heterocycles.